The van der Waals surface area contributed by atoms with Crippen molar-refractivity contribution in [2.75, 3.05) is 11.9 Å². The van der Waals surface area contributed by atoms with Crippen LogP contribution >= 0.6 is 31.9 Å². The highest BCUT2D eigenvalue weighted by molar-refractivity contribution is 9.10. The molecule has 0 radical (unpaired) electrons. The Kier molecular flexibility index (Phi) is 5.27. The van der Waals surface area contributed by atoms with Crippen molar-refractivity contribution in [1.82, 2.24) is 14.7 Å². The summed E-state index contributed by atoms with van der Waals surface area (Å²) in [5.41, 5.74) is 2.38. The number of rotatable bonds is 4. The Balaban J connectivity index is 2.10. The van der Waals surface area contributed by atoms with Gasteiger partial charge in [0, 0.05) is 25.0 Å². The second-order valence-electron chi connectivity index (χ2n) is 5.07. The molecule has 5 heteroatoms. The van der Waals surface area contributed by atoms with Gasteiger partial charge in [0.2, 0.25) is 0 Å². The van der Waals surface area contributed by atoms with Crippen LogP contribution in [-0.2, 0) is 13.6 Å². The quantitative estimate of drug-likeness (QED) is 0.746. The summed E-state index contributed by atoms with van der Waals surface area (Å²) >= 11 is 7.24. The third kappa shape index (κ3) is 3.17. The van der Waals surface area contributed by atoms with E-state index in [1.165, 1.54) is 42.4 Å². The first kappa shape index (κ1) is 14.5. The fraction of sp³-hybridized carbons (Fsp3) is 0.769. The third-order valence-electron chi connectivity index (χ3n) is 3.81. The Morgan fingerprint density at radius 1 is 1.39 bits per heavy atom. The van der Waals surface area contributed by atoms with Gasteiger partial charge in [-0.15, -0.1) is 0 Å². The molecule has 1 saturated heterocycles. The Morgan fingerprint density at radius 3 is 2.78 bits per heavy atom. The van der Waals surface area contributed by atoms with E-state index < -0.39 is 0 Å². The minimum Gasteiger partial charge on any atom is -0.295 e. The fourth-order valence-electron chi connectivity index (χ4n) is 2.77. The fourth-order valence-corrected chi connectivity index (χ4v) is 3.76. The molecule has 1 aromatic rings. The second-order valence-corrected chi connectivity index (χ2v) is 6.65. The van der Waals surface area contributed by atoms with Crippen molar-refractivity contribution in [2.24, 2.45) is 7.05 Å². The predicted molar refractivity (Wildman–Crippen MR) is 82.1 cm³/mol. The number of alkyl halides is 1. The number of hydrogen-bond donors (Lipinski definition) is 0. The monoisotopic (exact) mass is 377 g/mol. The van der Waals surface area contributed by atoms with Gasteiger partial charge in [-0.3, -0.25) is 9.58 Å². The highest BCUT2D eigenvalue weighted by Gasteiger charge is 2.24. The van der Waals surface area contributed by atoms with Crippen LogP contribution in [0, 0.1) is 6.92 Å². The summed E-state index contributed by atoms with van der Waals surface area (Å²) < 4.78 is 3.19. The van der Waals surface area contributed by atoms with Gasteiger partial charge in [0.15, 0.2) is 0 Å². The Bertz CT molecular complexity index is 401. The molecule has 1 aromatic heterocycles. The first-order valence-electron chi connectivity index (χ1n) is 6.61. The van der Waals surface area contributed by atoms with Crippen molar-refractivity contribution >= 4 is 31.9 Å². The van der Waals surface area contributed by atoms with Gasteiger partial charge in [-0.2, -0.15) is 5.10 Å². The van der Waals surface area contributed by atoms with Gasteiger partial charge in [0.25, 0.3) is 0 Å². The van der Waals surface area contributed by atoms with Gasteiger partial charge in [-0.05, 0) is 48.7 Å². The molecule has 3 nitrogen and oxygen atoms in total. The molecule has 0 N–H and O–H groups in total. The van der Waals surface area contributed by atoms with Gasteiger partial charge in [-0.1, -0.05) is 22.4 Å². The molecule has 0 aliphatic carbocycles. The van der Waals surface area contributed by atoms with E-state index in [-0.39, 0.29) is 0 Å². The SMILES string of the molecule is Cc1nn(C)c(CN2CCCCC2CCBr)c1Br. The van der Waals surface area contributed by atoms with Crippen LogP contribution in [0.2, 0.25) is 0 Å². The van der Waals surface area contributed by atoms with Crippen molar-refractivity contribution in [1.29, 1.82) is 0 Å². The number of hydrogen-bond acceptors (Lipinski definition) is 2. The average Bonchev–Trinajstić information content (AvgIpc) is 2.59. The molecule has 0 saturated carbocycles. The van der Waals surface area contributed by atoms with Crippen molar-refractivity contribution in [3.63, 3.8) is 0 Å². The molecule has 0 aromatic carbocycles. The van der Waals surface area contributed by atoms with Crippen molar-refractivity contribution in [3.8, 4) is 0 Å². The first-order valence-corrected chi connectivity index (χ1v) is 8.53. The molecule has 0 amide bonds. The van der Waals surface area contributed by atoms with E-state index in [2.05, 4.69) is 48.8 Å². The molecule has 2 rings (SSSR count). The molecule has 2 heterocycles. The molecule has 1 fully saturated rings. The summed E-state index contributed by atoms with van der Waals surface area (Å²) in [6.07, 6.45) is 5.28. The van der Waals surface area contributed by atoms with Crippen LogP contribution in [0.25, 0.3) is 0 Å². The molecule has 1 atom stereocenters. The number of halogens is 2. The standard InChI is InChI=1S/C13H21Br2N3/c1-10-13(15)12(17(2)16-10)9-18-8-4-3-5-11(18)6-7-14/h11H,3-9H2,1-2H3. The summed E-state index contributed by atoms with van der Waals surface area (Å²) in [6.45, 7) is 4.28. The zero-order valence-electron chi connectivity index (χ0n) is 11.1. The van der Waals surface area contributed by atoms with Crippen molar-refractivity contribution in [2.45, 2.75) is 45.2 Å². The van der Waals surface area contributed by atoms with Crippen LogP contribution in [0.1, 0.15) is 37.1 Å². The number of aromatic nitrogens is 2. The van der Waals surface area contributed by atoms with E-state index in [9.17, 15) is 0 Å². The van der Waals surface area contributed by atoms with Crippen LogP contribution in [0.15, 0.2) is 4.47 Å². The van der Waals surface area contributed by atoms with Crippen molar-refractivity contribution in [3.05, 3.63) is 15.9 Å². The number of nitrogens with zero attached hydrogens (tertiary/aromatic N) is 3. The van der Waals surface area contributed by atoms with E-state index in [0.717, 1.165) is 23.6 Å². The minimum atomic E-state index is 0.722. The molecule has 1 aliphatic heterocycles. The zero-order valence-corrected chi connectivity index (χ0v) is 14.3. The van der Waals surface area contributed by atoms with Crippen LogP contribution in [0.3, 0.4) is 0 Å². The molecular weight excluding hydrogens is 358 g/mol. The van der Waals surface area contributed by atoms with Crippen molar-refractivity contribution < 1.29 is 0 Å². The van der Waals surface area contributed by atoms with E-state index >= 15 is 0 Å². The molecule has 1 aliphatic rings. The van der Waals surface area contributed by atoms with Crippen LogP contribution < -0.4 is 0 Å². The first-order chi connectivity index (χ1) is 8.63. The highest BCUT2D eigenvalue weighted by Crippen LogP contribution is 2.26. The maximum atomic E-state index is 4.48. The number of likely N-dealkylation sites (tertiary alicyclic amines) is 1. The lowest BCUT2D eigenvalue weighted by molar-refractivity contribution is 0.133. The van der Waals surface area contributed by atoms with Gasteiger partial charge >= 0.3 is 0 Å². The molecule has 0 bridgehead atoms. The maximum absolute atomic E-state index is 4.48. The Hall–Kier alpha value is 0.130. The van der Waals surface area contributed by atoms with Gasteiger partial charge < -0.3 is 0 Å². The number of piperidine rings is 1. The summed E-state index contributed by atoms with van der Waals surface area (Å²) in [5.74, 6) is 0. The normalized spacial score (nSPS) is 21.4. The maximum Gasteiger partial charge on any atom is 0.0739 e. The Morgan fingerprint density at radius 2 is 2.17 bits per heavy atom. The van der Waals surface area contributed by atoms with E-state index in [0.29, 0.717) is 0 Å². The zero-order chi connectivity index (χ0) is 13.1. The molecular formula is C13H21Br2N3. The lowest BCUT2D eigenvalue weighted by Gasteiger charge is -2.35. The van der Waals surface area contributed by atoms with Crippen LogP contribution in [0.4, 0.5) is 0 Å². The molecule has 0 spiro atoms. The Labute approximate surface area is 126 Å². The topological polar surface area (TPSA) is 21.1 Å². The lowest BCUT2D eigenvalue weighted by Crippen LogP contribution is -2.39. The predicted octanol–water partition coefficient (Wildman–Crippen LogP) is 3.63. The van der Waals surface area contributed by atoms with Gasteiger partial charge in [-0.25, -0.2) is 0 Å². The summed E-state index contributed by atoms with van der Waals surface area (Å²) in [5, 5.41) is 5.58. The lowest BCUT2D eigenvalue weighted by atomic mass is 10.00. The summed E-state index contributed by atoms with van der Waals surface area (Å²) in [6, 6.07) is 0.722. The van der Waals surface area contributed by atoms with Crippen LogP contribution in [0.5, 0.6) is 0 Å². The largest absolute Gasteiger partial charge is 0.295 e. The van der Waals surface area contributed by atoms with E-state index in [1.807, 2.05) is 11.7 Å². The average molecular weight is 379 g/mol. The second kappa shape index (κ2) is 6.53. The van der Waals surface area contributed by atoms with Gasteiger partial charge in [0.1, 0.15) is 0 Å². The molecule has 1 unspecified atom stereocenters. The molecule has 102 valence electrons. The summed E-state index contributed by atoms with van der Waals surface area (Å²) in [4.78, 5) is 2.62. The smallest absolute Gasteiger partial charge is 0.0739 e. The molecule has 18 heavy (non-hydrogen) atoms. The van der Waals surface area contributed by atoms with E-state index in [1.54, 1.807) is 0 Å². The van der Waals surface area contributed by atoms with Crippen LogP contribution in [-0.4, -0.2) is 32.6 Å². The highest BCUT2D eigenvalue weighted by atomic mass is 79.9. The summed E-state index contributed by atoms with van der Waals surface area (Å²) in [7, 11) is 2.04. The van der Waals surface area contributed by atoms with E-state index in [4.69, 9.17) is 0 Å². The number of aryl methyl sites for hydroxylation is 2. The van der Waals surface area contributed by atoms with Gasteiger partial charge in [0.05, 0.1) is 15.9 Å². The minimum absolute atomic E-state index is 0.722. The third-order valence-corrected chi connectivity index (χ3v) is 5.30.